The zero-order chi connectivity index (χ0) is 91.8. The number of hydrogen-bond acceptors (Lipinski definition) is 21. The van der Waals surface area contributed by atoms with E-state index in [1.807, 2.05) is 103 Å². The standard InChI is InChI=1S/C36H39N3O7.2C22H30N2O5.C14H22N2O4/c1-21(33(41)37-23(3)34(42)39-24(4)35(43)45-20-31(39)25-12-6-5-7-13-25)18-32(40)22(2)38-36(44)46-19-30-28-16-10-8-14-26(28)27-15-9-11-17-29(27)30;1-13(2)19(25)11-14(3)20(26)23-15(4)21(27)24-16(5)22(28)29-12-18(24)17-9-7-6-8-10-17;1-13-10-20(27)16(4)24(18(12-25)17-8-6-5-7-9-17)22(29)14(2)11-19(26)15(3)23-21(13)28;1-7-5-11(17)9(3)16-14(20)8(2)6-12(18)10(4)15-13(7)19/h5-17,21-24,30-31H,18-20H2,1-4H3,(H,37,41)(H,38,44);6-10,13-16,18H,11-12H2,1-5H3,(H,23,26);5-9,13-16,18,25H,10-12H2,1-4H3,(H,23,28);7-10H,5-6H2,1-4H3,(H,15,19)(H,16,20)/t21-,22+,23+,24+,31+;14-,15+,16+,18+;13-,14-,15+,16+,18+;7-,8-,9+,10+/m1111/s1. The van der Waals surface area contributed by atoms with Crippen molar-refractivity contribution in [2.75, 3.05) is 26.4 Å². The molecular weight excluding hydrogens is 1590 g/mol. The molecule has 9 amide bonds. The van der Waals surface area contributed by atoms with Crippen LogP contribution in [-0.4, -0.2) is 201 Å². The average molecular weight is 1710 g/mol. The summed E-state index contributed by atoms with van der Waals surface area (Å²) < 4.78 is 16.1. The van der Waals surface area contributed by atoms with Crippen molar-refractivity contribution in [1.82, 2.24) is 46.6 Å². The number of carbonyl (C=O) groups excluding carboxylic acids is 17. The van der Waals surface area contributed by atoms with Gasteiger partial charge in [0, 0.05) is 85.9 Å². The number of benzene rings is 5. The number of aliphatic hydroxyl groups is 1. The molecule has 30 heteroatoms. The normalized spacial score (nSPS) is 24.2. The number of alkyl carbamates (subject to hydrolysis) is 1. The van der Waals surface area contributed by atoms with Crippen molar-refractivity contribution in [3.63, 3.8) is 0 Å². The number of morpholine rings is 2. The molecule has 10 rings (SSSR count). The van der Waals surface area contributed by atoms with Crippen molar-refractivity contribution in [3.05, 3.63) is 167 Å². The van der Waals surface area contributed by atoms with Crippen LogP contribution in [0.2, 0.25) is 0 Å². The number of nitrogens with one attached hydrogen (secondary N) is 6. The third kappa shape index (κ3) is 26.3. The highest BCUT2D eigenvalue weighted by Crippen LogP contribution is 2.45. The minimum atomic E-state index is -0.957. The summed E-state index contributed by atoms with van der Waals surface area (Å²) in [5, 5.41) is 25.9. The average Bonchev–Trinajstić information content (AvgIpc) is 1.60. The van der Waals surface area contributed by atoms with Crippen LogP contribution < -0.4 is 31.9 Å². The number of rotatable bonds is 20. The van der Waals surface area contributed by atoms with Crippen LogP contribution in [0.1, 0.15) is 208 Å². The molecule has 668 valence electrons. The molecule has 1 aliphatic carbocycles. The Labute approximate surface area is 724 Å². The van der Waals surface area contributed by atoms with Crippen molar-refractivity contribution in [3.8, 4) is 11.1 Å². The molecule has 0 unspecified atom stereocenters. The van der Waals surface area contributed by atoms with Gasteiger partial charge >= 0.3 is 18.0 Å². The Bertz CT molecular complexity index is 4550. The van der Waals surface area contributed by atoms with Gasteiger partial charge in [0.05, 0.1) is 54.9 Å². The quantitative estimate of drug-likeness (QED) is 0.0283. The first-order valence-electron chi connectivity index (χ1n) is 42.4. The molecule has 4 aliphatic heterocycles. The molecule has 5 aliphatic rings. The predicted octanol–water partition coefficient (Wildman–Crippen LogP) is 8.63. The van der Waals surface area contributed by atoms with E-state index in [4.69, 9.17) is 14.2 Å². The van der Waals surface area contributed by atoms with E-state index in [1.165, 1.54) is 14.7 Å². The summed E-state index contributed by atoms with van der Waals surface area (Å²) in [5.74, 6) is -9.15. The maximum absolute atomic E-state index is 13.5. The lowest BCUT2D eigenvalue weighted by atomic mass is 9.92. The van der Waals surface area contributed by atoms with E-state index in [9.17, 15) is 86.6 Å². The molecule has 124 heavy (non-hydrogen) atoms. The number of amides is 9. The number of ketones is 6. The lowest BCUT2D eigenvalue weighted by Gasteiger charge is -2.40. The Balaban J connectivity index is 0.000000238. The van der Waals surface area contributed by atoms with E-state index in [0.29, 0.717) is 5.56 Å². The Morgan fingerprint density at radius 1 is 0.435 bits per heavy atom. The number of hydrogen-bond donors (Lipinski definition) is 7. The first kappa shape index (κ1) is 99.2. The molecule has 5 aromatic carbocycles. The molecule has 7 N–H and O–H groups in total. The highest BCUT2D eigenvalue weighted by Gasteiger charge is 2.45. The number of carbonyl (C=O) groups is 17. The van der Waals surface area contributed by atoms with Gasteiger partial charge in [-0.05, 0) is 101 Å². The van der Waals surface area contributed by atoms with Gasteiger partial charge in [0.2, 0.25) is 47.3 Å². The van der Waals surface area contributed by atoms with Gasteiger partial charge < -0.3 is 65.9 Å². The number of Topliss-reactive ketones (excluding diaryl/α,β-unsaturated/α-hetero) is 6. The molecule has 4 heterocycles. The summed E-state index contributed by atoms with van der Waals surface area (Å²) in [4.78, 5) is 217. The monoisotopic (exact) mass is 1710 g/mol. The van der Waals surface area contributed by atoms with Crippen LogP contribution in [0.5, 0.6) is 0 Å². The van der Waals surface area contributed by atoms with Crippen LogP contribution in [0, 0.1) is 41.4 Å². The number of ether oxygens (including phenoxy) is 3. The van der Waals surface area contributed by atoms with Crippen molar-refractivity contribution in [1.29, 1.82) is 0 Å². The Hall–Kier alpha value is -12.0. The first-order valence-corrected chi connectivity index (χ1v) is 42.4. The van der Waals surface area contributed by atoms with E-state index in [1.54, 1.807) is 142 Å². The van der Waals surface area contributed by atoms with Gasteiger partial charge in [0.25, 0.3) is 0 Å². The summed E-state index contributed by atoms with van der Waals surface area (Å²) in [7, 11) is 0. The third-order valence-corrected chi connectivity index (χ3v) is 23.2. The number of nitrogens with zero attached hydrogens (tertiary/aromatic N) is 3. The molecular formula is C94H121N9O21. The highest BCUT2D eigenvalue weighted by atomic mass is 16.6. The molecule has 0 bridgehead atoms. The van der Waals surface area contributed by atoms with Crippen LogP contribution in [0.15, 0.2) is 140 Å². The fraction of sp³-hybridized carbons (Fsp3) is 0.500. The second-order valence-corrected chi connectivity index (χ2v) is 33.4. The molecule has 30 nitrogen and oxygen atoms in total. The third-order valence-electron chi connectivity index (χ3n) is 23.2. The van der Waals surface area contributed by atoms with Crippen LogP contribution in [0.4, 0.5) is 4.79 Å². The SMILES string of the molecule is CC(C)C(=O)C[C@@H](C)C(=O)N[C@@H](C)C(=O)N1[C@@H](C)C(=O)OC[C@H]1c1ccccc1.C[C@@H]1CC(=O)[C@H](C)N([C@@H](CO)c2ccccc2)C(=O)[C@H](C)CC(=O)[C@H](C)NC1=O.C[C@@H]1CC(=O)[C@H](C)NC(=O)[C@H](C)CC(=O)[C@H](C)NC1=O.C[C@H](CC(=O)[C@H](C)NC(=O)OCC1c2ccccc2-c2ccccc21)C(=O)N[C@@H](C)C(=O)N1[C@@H](C)C(=O)OC[C@H]1c1ccccc1. The number of aliphatic hydroxyl groups excluding tert-OH is 1. The fourth-order valence-corrected chi connectivity index (χ4v) is 15.1. The Kier molecular flexibility index (Phi) is 36.8. The molecule has 0 aromatic heterocycles. The van der Waals surface area contributed by atoms with Gasteiger partial charge in [-0.25, -0.2) is 14.4 Å². The van der Waals surface area contributed by atoms with Crippen molar-refractivity contribution in [2.45, 2.75) is 235 Å². The lowest BCUT2D eigenvalue weighted by molar-refractivity contribution is -0.169. The largest absolute Gasteiger partial charge is 0.462 e. The molecule has 0 spiro atoms. The van der Waals surface area contributed by atoms with Crippen molar-refractivity contribution < 1.29 is 101 Å². The maximum atomic E-state index is 13.5. The molecule has 18 atom stereocenters. The first-order chi connectivity index (χ1) is 58.6. The van der Waals surface area contributed by atoms with E-state index in [0.717, 1.165) is 33.4 Å². The molecule has 5 aromatic rings. The van der Waals surface area contributed by atoms with Crippen LogP contribution in [0.3, 0.4) is 0 Å². The van der Waals surface area contributed by atoms with Gasteiger partial charge in [-0.3, -0.25) is 67.1 Å². The number of cyclic esters (lactones) is 2. The van der Waals surface area contributed by atoms with Gasteiger partial charge in [-0.15, -0.1) is 0 Å². The van der Waals surface area contributed by atoms with Crippen LogP contribution in [-0.2, 0) is 90.9 Å². The summed E-state index contributed by atoms with van der Waals surface area (Å²) in [6.07, 6.45) is -0.773. The minimum absolute atomic E-state index is 0.00293. The summed E-state index contributed by atoms with van der Waals surface area (Å²) >= 11 is 0. The predicted molar refractivity (Wildman–Crippen MR) is 459 cm³/mol. The van der Waals surface area contributed by atoms with Crippen LogP contribution >= 0.6 is 0 Å². The number of esters is 2. The van der Waals surface area contributed by atoms with Crippen molar-refractivity contribution >= 4 is 100.0 Å². The summed E-state index contributed by atoms with van der Waals surface area (Å²) in [6.45, 7) is 27.5. The highest BCUT2D eigenvalue weighted by molar-refractivity contribution is 6.00. The smallest absolute Gasteiger partial charge is 0.407 e. The molecule has 4 fully saturated rings. The van der Waals surface area contributed by atoms with E-state index in [-0.39, 0.29) is 147 Å². The van der Waals surface area contributed by atoms with Crippen LogP contribution in [0.25, 0.3) is 11.1 Å². The maximum Gasteiger partial charge on any atom is 0.407 e. The Morgan fingerprint density at radius 3 is 1.18 bits per heavy atom. The van der Waals surface area contributed by atoms with Gasteiger partial charge in [0.15, 0.2) is 28.9 Å². The fourth-order valence-electron chi connectivity index (χ4n) is 15.1. The molecule has 0 saturated carbocycles. The second kappa shape index (κ2) is 46.0. The zero-order valence-corrected chi connectivity index (χ0v) is 73.9. The molecule has 0 radical (unpaired) electrons. The topological polar surface area (TPSA) is 420 Å². The summed E-state index contributed by atoms with van der Waals surface area (Å²) in [5.41, 5.74) is 6.76. The van der Waals surface area contributed by atoms with Crippen molar-refractivity contribution in [2.24, 2.45) is 41.4 Å². The van der Waals surface area contributed by atoms with E-state index >= 15 is 0 Å². The lowest BCUT2D eigenvalue weighted by Crippen LogP contribution is -2.57. The van der Waals surface area contributed by atoms with Gasteiger partial charge in [-0.1, -0.05) is 195 Å². The number of fused-ring (bicyclic) bond motifs is 3. The Morgan fingerprint density at radius 2 is 0.790 bits per heavy atom. The second-order valence-electron chi connectivity index (χ2n) is 33.4. The minimum Gasteiger partial charge on any atom is -0.462 e. The van der Waals surface area contributed by atoms with E-state index in [2.05, 4.69) is 44.0 Å². The zero-order valence-electron chi connectivity index (χ0n) is 73.9. The van der Waals surface area contributed by atoms with Gasteiger partial charge in [-0.2, -0.15) is 0 Å². The molecule has 4 saturated heterocycles. The summed E-state index contributed by atoms with van der Waals surface area (Å²) in [6, 6.07) is 34.8. The van der Waals surface area contributed by atoms with Gasteiger partial charge in [0.1, 0.15) is 49.8 Å². The van der Waals surface area contributed by atoms with E-state index < -0.39 is 138 Å².